The maximum Gasteiger partial charge on any atom is 0.312 e. The number of carbonyl (C=O) groups is 2. The molecule has 2 aromatic carbocycles. The molecule has 1 aliphatic heterocycles. The molecule has 0 radical (unpaired) electrons. The van der Waals surface area contributed by atoms with Gasteiger partial charge in [0.2, 0.25) is 0 Å². The molecule has 1 fully saturated rings. The van der Waals surface area contributed by atoms with Crippen LogP contribution in [0.2, 0.25) is 5.02 Å². The summed E-state index contributed by atoms with van der Waals surface area (Å²) in [5.74, 6) is -3.16. The summed E-state index contributed by atoms with van der Waals surface area (Å²) in [6.45, 7) is 3.54. The monoisotopic (exact) mass is 480 g/mol. The molecule has 7 heteroatoms. The van der Waals surface area contributed by atoms with E-state index in [-0.39, 0.29) is 19.3 Å². The Morgan fingerprint density at radius 2 is 1.71 bits per heavy atom. The Kier molecular flexibility index (Phi) is 7.81. The van der Waals surface area contributed by atoms with Gasteiger partial charge >= 0.3 is 11.9 Å². The number of rotatable bonds is 8. The van der Waals surface area contributed by atoms with Crippen molar-refractivity contribution in [3.63, 3.8) is 0 Å². The van der Waals surface area contributed by atoms with Crippen molar-refractivity contribution in [2.45, 2.75) is 51.1 Å². The number of nitriles is 1. The van der Waals surface area contributed by atoms with Crippen LogP contribution in [0.3, 0.4) is 0 Å². The van der Waals surface area contributed by atoms with Crippen LogP contribution in [-0.4, -0.2) is 34.2 Å². The van der Waals surface area contributed by atoms with Crippen molar-refractivity contribution in [1.29, 1.82) is 5.26 Å². The molecule has 0 spiro atoms. The third-order valence-electron chi connectivity index (χ3n) is 7.27. The molecule has 0 aliphatic carbocycles. The molecule has 5 unspecified atom stereocenters. The van der Waals surface area contributed by atoms with Gasteiger partial charge in [0.25, 0.3) is 0 Å². The van der Waals surface area contributed by atoms with Crippen molar-refractivity contribution in [2.75, 3.05) is 0 Å². The van der Waals surface area contributed by atoms with Crippen LogP contribution in [0, 0.1) is 22.2 Å². The minimum atomic E-state index is -1.54. The molecule has 34 heavy (non-hydrogen) atoms. The van der Waals surface area contributed by atoms with E-state index in [1.54, 1.807) is 44.2 Å². The molecule has 1 heterocycles. The van der Waals surface area contributed by atoms with Gasteiger partial charge in [-0.05, 0) is 49.9 Å². The van der Waals surface area contributed by atoms with Crippen LogP contribution in [0.15, 0.2) is 60.7 Å². The molecular formula is C27H29ClN2O4. The molecule has 2 aromatic rings. The van der Waals surface area contributed by atoms with Gasteiger partial charge in [-0.2, -0.15) is 5.26 Å². The quantitative estimate of drug-likeness (QED) is 0.469. The molecule has 0 bridgehead atoms. The maximum absolute atomic E-state index is 13.1. The summed E-state index contributed by atoms with van der Waals surface area (Å²) in [6.07, 6.45) is 3.73. The predicted molar refractivity (Wildman–Crippen MR) is 131 cm³/mol. The summed E-state index contributed by atoms with van der Waals surface area (Å²) < 4.78 is 0. The minimum absolute atomic E-state index is 0.00826. The Hall–Kier alpha value is -3.14. The van der Waals surface area contributed by atoms with E-state index < -0.39 is 40.8 Å². The molecule has 0 amide bonds. The summed E-state index contributed by atoms with van der Waals surface area (Å²) >= 11 is 6.29. The van der Waals surface area contributed by atoms with E-state index in [2.05, 4.69) is 11.4 Å². The fraction of sp³-hybridized carbons (Fsp3) is 0.370. The van der Waals surface area contributed by atoms with E-state index in [1.807, 2.05) is 36.4 Å². The number of allylic oxidation sites excluding steroid dienone is 1. The summed E-state index contributed by atoms with van der Waals surface area (Å²) in [5.41, 5.74) is -1.58. The van der Waals surface area contributed by atoms with Crippen molar-refractivity contribution in [3.05, 3.63) is 76.8 Å². The normalized spacial score (nSPS) is 28.9. The van der Waals surface area contributed by atoms with Crippen LogP contribution in [-0.2, 0) is 9.59 Å². The highest BCUT2D eigenvalue weighted by Gasteiger charge is 2.66. The number of benzene rings is 2. The van der Waals surface area contributed by atoms with Gasteiger partial charge in [-0.3, -0.25) is 9.59 Å². The third kappa shape index (κ3) is 4.46. The Morgan fingerprint density at radius 3 is 2.29 bits per heavy atom. The highest BCUT2D eigenvalue weighted by atomic mass is 35.5. The fourth-order valence-corrected chi connectivity index (χ4v) is 5.80. The smallest absolute Gasteiger partial charge is 0.312 e. The Balaban J connectivity index is 2.26. The van der Waals surface area contributed by atoms with E-state index in [0.29, 0.717) is 10.6 Å². The number of nitrogens with zero attached hydrogens (tertiary/aromatic N) is 1. The van der Waals surface area contributed by atoms with Crippen LogP contribution in [0.25, 0.3) is 6.08 Å². The molecular weight excluding hydrogens is 452 g/mol. The number of aliphatic carboxylic acids is 2. The average Bonchev–Trinajstić information content (AvgIpc) is 2.80. The summed E-state index contributed by atoms with van der Waals surface area (Å²) in [6, 6.07) is 17.2. The number of nitrogens with one attached hydrogen (secondary N) is 1. The van der Waals surface area contributed by atoms with E-state index in [9.17, 15) is 25.1 Å². The predicted octanol–water partition coefficient (Wildman–Crippen LogP) is 5.35. The standard InChI is InChI=1S/C27H29ClN2O4/c1-18-26(24(31)32,14-7-11-20-9-4-3-5-10-20)23(21-12-6-13-22(28)17-21)27(25(33)34,15-8-16-29)19(2)30-18/h3-7,9-13,17-19,23,30H,8,14-15H2,1-2H3,(H,31,32)(H,33,34). The van der Waals surface area contributed by atoms with E-state index in [1.165, 1.54) is 0 Å². The summed E-state index contributed by atoms with van der Waals surface area (Å²) in [5, 5.41) is 34.3. The van der Waals surface area contributed by atoms with Crippen LogP contribution < -0.4 is 5.32 Å². The molecule has 0 saturated carbocycles. The van der Waals surface area contributed by atoms with Crippen LogP contribution in [0.5, 0.6) is 0 Å². The summed E-state index contributed by atoms with van der Waals surface area (Å²) in [7, 11) is 0. The zero-order valence-electron chi connectivity index (χ0n) is 19.2. The number of piperidine rings is 1. The van der Waals surface area contributed by atoms with Crippen LogP contribution >= 0.6 is 11.6 Å². The van der Waals surface area contributed by atoms with Gasteiger partial charge in [0.05, 0.1) is 16.9 Å². The molecule has 3 rings (SSSR count). The molecule has 5 atom stereocenters. The second-order valence-electron chi connectivity index (χ2n) is 8.96. The van der Waals surface area contributed by atoms with Gasteiger partial charge in [0, 0.05) is 29.4 Å². The lowest BCUT2D eigenvalue weighted by Gasteiger charge is -2.57. The second-order valence-corrected chi connectivity index (χ2v) is 9.40. The van der Waals surface area contributed by atoms with Gasteiger partial charge in [0.15, 0.2) is 0 Å². The van der Waals surface area contributed by atoms with Crippen LogP contribution in [0.1, 0.15) is 50.2 Å². The second kappa shape index (κ2) is 10.4. The first-order valence-corrected chi connectivity index (χ1v) is 11.6. The van der Waals surface area contributed by atoms with Gasteiger partial charge in [-0.1, -0.05) is 66.2 Å². The van der Waals surface area contributed by atoms with Crippen LogP contribution in [0.4, 0.5) is 0 Å². The first-order chi connectivity index (χ1) is 16.2. The van der Waals surface area contributed by atoms with Crippen molar-refractivity contribution in [2.24, 2.45) is 10.8 Å². The number of hydrogen-bond acceptors (Lipinski definition) is 4. The number of hydrogen-bond donors (Lipinski definition) is 3. The molecule has 1 aliphatic rings. The third-order valence-corrected chi connectivity index (χ3v) is 7.51. The Bertz CT molecular complexity index is 1110. The van der Waals surface area contributed by atoms with E-state index in [4.69, 9.17) is 11.6 Å². The lowest BCUT2D eigenvalue weighted by Crippen LogP contribution is -2.69. The van der Waals surface area contributed by atoms with E-state index in [0.717, 1.165) is 5.56 Å². The fourth-order valence-electron chi connectivity index (χ4n) is 5.60. The van der Waals surface area contributed by atoms with Crippen molar-refractivity contribution in [3.8, 4) is 6.07 Å². The zero-order chi connectivity index (χ0) is 24.9. The average molecular weight is 481 g/mol. The van der Waals surface area contributed by atoms with Gasteiger partial charge in [-0.25, -0.2) is 0 Å². The first kappa shape index (κ1) is 25.5. The van der Waals surface area contributed by atoms with Crippen molar-refractivity contribution in [1.82, 2.24) is 5.32 Å². The Morgan fingerprint density at radius 1 is 1.06 bits per heavy atom. The lowest BCUT2D eigenvalue weighted by molar-refractivity contribution is -0.172. The molecule has 1 saturated heterocycles. The molecule has 178 valence electrons. The van der Waals surface area contributed by atoms with Gasteiger partial charge < -0.3 is 15.5 Å². The molecule has 6 nitrogen and oxygen atoms in total. The minimum Gasteiger partial charge on any atom is -0.481 e. The topological polar surface area (TPSA) is 110 Å². The highest BCUT2D eigenvalue weighted by molar-refractivity contribution is 6.30. The number of carboxylic acid groups (broad SMARTS) is 2. The van der Waals surface area contributed by atoms with E-state index >= 15 is 0 Å². The first-order valence-electron chi connectivity index (χ1n) is 11.3. The Labute approximate surface area is 204 Å². The zero-order valence-corrected chi connectivity index (χ0v) is 20.0. The van der Waals surface area contributed by atoms with Crippen molar-refractivity contribution < 1.29 is 19.8 Å². The van der Waals surface area contributed by atoms with Gasteiger partial charge in [-0.15, -0.1) is 0 Å². The lowest BCUT2D eigenvalue weighted by atomic mass is 9.49. The molecule has 3 N–H and O–H groups in total. The number of carboxylic acids is 2. The highest BCUT2D eigenvalue weighted by Crippen LogP contribution is 2.59. The van der Waals surface area contributed by atoms with Gasteiger partial charge in [0.1, 0.15) is 0 Å². The van der Waals surface area contributed by atoms with Crippen molar-refractivity contribution >= 4 is 29.6 Å². The largest absolute Gasteiger partial charge is 0.481 e. The molecule has 0 aromatic heterocycles. The number of halogens is 1. The summed E-state index contributed by atoms with van der Waals surface area (Å²) in [4.78, 5) is 26.1. The maximum atomic E-state index is 13.1. The SMILES string of the molecule is CC1NC(C)C(CCC#N)(C(=O)O)C(c2cccc(Cl)c2)C1(CC=Cc1ccccc1)C(=O)O.